The molecule has 0 aliphatic heterocycles. The van der Waals surface area contributed by atoms with E-state index in [1.807, 2.05) is 0 Å². The van der Waals surface area contributed by atoms with E-state index < -0.39 is 17.9 Å². The summed E-state index contributed by atoms with van der Waals surface area (Å²) >= 11 is 0. The molecule has 0 aliphatic rings. The third-order valence-corrected chi connectivity index (χ3v) is 1.40. The Morgan fingerprint density at radius 2 is 1.85 bits per heavy atom. The Morgan fingerprint density at radius 3 is 2.15 bits per heavy atom. The molecule has 0 saturated carbocycles. The van der Waals surface area contributed by atoms with Gasteiger partial charge in [-0.1, -0.05) is 11.6 Å². The lowest BCUT2D eigenvalue weighted by atomic mass is 10.0. The number of hydrogen-bond donors (Lipinski definition) is 2. The van der Waals surface area contributed by atoms with Gasteiger partial charge in [-0.2, -0.15) is 0 Å². The van der Waals surface area contributed by atoms with Gasteiger partial charge in [0.15, 0.2) is 0 Å². The minimum absolute atomic E-state index is 0.0237. The normalized spacial score (nSPS) is 11.8. The highest BCUT2D eigenvalue weighted by Gasteiger charge is 2.15. The molecule has 0 amide bonds. The van der Waals surface area contributed by atoms with Crippen LogP contribution in [-0.4, -0.2) is 22.2 Å². The molecule has 4 nitrogen and oxygen atoms in total. The van der Waals surface area contributed by atoms with Crippen molar-refractivity contribution >= 4 is 11.9 Å². The molecule has 1 unspecified atom stereocenters. The minimum Gasteiger partial charge on any atom is -0.481 e. The maximum atomic E-state index is 10.6. The molecule has 4 heteroatoms. The second kappa shape index (κ2) is 5.35. The van der Waals surface area contributed by atoms with E-state index in [0.29, 0.717) is 0 Å². The van der Waals surface area contributed by atoms with Gasteiger partial charge in [0.2, 0.25) is 0 Å². The van der Waals surface area contributed by atoms with Gasteiger partial charge in [0.1, 0.15) is 0 Å². The lowest BCUT2D eigenvalue weighted by Crippen LogP contribution is -2.13. The molecule has 0 aromatic heterocycles. The van der Waals surface area contributed by atoms with E-state index >= 15 is 0 Å². The van der Waals surface area contributed by atoms with Crippen LogP contribution in [0.25, 0.3) is 0 Å². The topological polar surface area (TPSA) is 74.6 Å². The summed E-state index contributed by atoms with van der Waals surface area (Å²) in [4.78, 5) is 20.7. The van der Waals surface area contributed by atoms with Crippen LogP contribution in [0.15, 0.2) is 11.6 Å². The van der Waals surface area contributed by atoms with E-state index in [4.69, 9.17) is 10.2 Å². The van der Waals surface area contributed by atoms with E-state index in [0.717, 1.165) is 12.0 Å². The Bertz CT molecular complexity index is 226. The van der Waals surface area contributed by atoms with E-state index in [-0.39, 0.29) is 6.42 Å². The molecular weight excluding hydrogens is 172 g/mol. The van der Waals surface area contributed by atoms with Crippen LogP contribution in [0, 0.1) is 12.3 Å². The fraction of sp³-hybridized carbons (Fsp3) is 0.444. The van der Waals surface area contributed by atoms with Gasteiger partial charge in [-0.25, -0.2) is 0 Å². The first kappa shape index (κ1) is 11.7. The van der Waals surface area contributed by atoms with E-state index in [1.54, 1.807) is 19.9 Å². The Balaban J connectivity index is 4.19. The molecule has 0 aromatic carbocycles. The molecule has 0 saturated heterocycles. The van der Waals surface area contributed by atoms with Gasteiger partial charge in [-0.15, -0.1) is 0 Å². The number of aliphatic carboxylic acids is 2. The summed E-state index contributed by atoms with van der Waals surface area (Å²) in [7, 11) is 0. The van der Waals surface area contributed by atoms with Crippen LogP contribution < -0.4 is 0 Å². The van der Waals surface area contributed by atoms with Crippen LogP contribution in [0.2, 0.25) is 0 Å². The van der Waals surface area contributed by atoms with Gasteiger partial charge < -0.3 is 10.2 Å². The van der Waals surface area contributed by atoms with E-state index in [9.17, 15) is 9.59 Å². The van der Waals surface area contributed by atoms with Crippen LogP contribution >= 0.6 is 0 Å². The lowest BCUT2D eigenvalue weighted by molar-refractivity contribution is -0.140. The second-order valence-electron chi connectivity index (χ2n) is 2.97. The van der Waals surface area contributed by atoms with Gasteiger partial charge >= 0.3 is 11.9 Å². The fourth-order valence-electron chi connectivity index (χ4n) is 0.870. The molecule has 0 spiro atoms. The number of hydrogen-bond acceptors (Lipinski definition) is 2. The highest BCUT2D eigenvalue weighted by molar-refractivity contribution is 5.79. The summed E-state index contributed by atoms with van der Waals surface area (Å²) in [5.41, 5.74) is 0.867. The number of carboxylic acid groups (broad SMARTS) is 2. The lowest BCUT2D eigenvalue weighted by Gasteiger charge is -2.05. The number of rotatable bonds is 5. The Kier molecular flexibility index (Phi) is 4.80. The van der Waals surface area contributed by atoms with Crippen molar-refractivity contribution in [2.24, 2.45) is 5.92 Å². The molecule has 0 fully saturated rings. The van der Waals surface area contributed by atoms with Crippen molar-refractivity contribution in [3.63, 3.8) is 0 Å². The standard InChI is InChI=1S/C9H13O4/c1-6(2)5-7(9(12)13)3-4-8(10)11/h4-5,7H,3H2,1-2H3,(H,10,11)(H,12,13). The quantitative estimate of drug-likeness (QED) is 0.633. The Morgan fingerprint density at radius 1 is 1.31 bits per heavy atom. The average molecular weight is 185 g/mol. The number of carboxylic acids is 2. The van der Waals surface area contributed by atoms with Crippen molar-refractivity contribution in [3.05, 3.63) is 18.1 Å². The van der Waals surface area contributed by atoms with Crippen LogP contribution in [0.1, 0.15) is 20.3 Å². The Hall–Kier alpha value is -1.32. The second-order valence-corrected chi connectivity index (χ2v) is 2.97. The largest absolute Gasteiger partial charge is 0.481 e. The molecule has 1 atom stereocenters. The van der Waals surface area contributed by atoms with Gasteiger partial charge in [-0.05, 0) is 20.3 Å². The molecule has 0 rings (SSSR count). The summed E-state index contributed by atoms with van der Waals surface area (Å²) in [6, 6.07) is 0. The van der Waals surface area contributed by atoms with Crippen molar-refractivity contribution in [2.45, 2.75) is 20.3 Å². The molecule has 0 bridgehead atoms. The van der Waals surface area contributed by atoms with Crippen molar-refractivity contribution in [3.8, 4) is 0 Å². The van der Waals surface area contributed by atoms with Crippen molar-refractivity contribution in [1.29, 1.82) is 0 Å². The smallest absolute Gasteiger partial charge is 0.310 e. The maximum absolute atomic E-state index is 10.6. The summed E-state index contributed by atoms with van der Waals surface area (Å²) < 4.78 is 0. The molecule has 0 aliphatic carbocycles. The zero-order valence-electron chi connectivity index (χ0n) is 7.65. The predicted octanol–water partition coefficient (Wildman–Crippen LogP) is 1.33. The van der Waals surface area contributed by atoms with Gasteiger partial charge in [-0.3, -0.25) is 9.59 Å². The van der Waals surface area contributed by atoms with Gasteiger partial charge in [0, 0.05) is 0 Å². The maximum Gasteiger partial charge on any atom is 0.310 e. The van der Waals surface area contributed by atoms with Gasteiger partial charge in [0.25, 0.3) is 0 Å². The summed E-state index contributed by atoms with van der Waals surface area (Å²) in [5, 5.41) is 17.0. The third kappa shape index (κ3) is 5.90. The SMILES string of the molecule is CC(C)=CC(C[CH]C(=O)O)C(=O)O. The summed E-state index contributed by atoms with van der Waals surface area (Å²) in [5.74, 6) is -2.83. The average Bonchev–Trinajstić information content (AvgIpc) is 1.96. The van der Waals surface area contributed by atoms with Crippen molar-refractivity contribution in [1.82, 2.24) is 0 Å². The van der Waals surface area contributed by atoms with Crippen LogP contribution in [0.4, 0.5) is 0 Å². The van der Waals surface area contributed by atoms with Crippen LogP contribution in [0.3, 0.4) is 0 Å². The zero-order chi connectivity index (χ0) is 10.4. The monoisotopic (exact) mass is 185 g/mol. The molecule has 0 heterocycles. The third-order valence-electron chi connectivity index (χ3n) is 1.40. The zero-order valence-corrected chi connectivity index (χ0v) is 7.65. The fourth-order valence-corrected chi connectivity index (χ4v) is 0.870. The highest BCUT2D eigenvalue weighted by atomic mass is 16.4. The van der Waals surface area contributed by atoms with Crippen molar-refractivity contribution < 1.29 is 19.8 Å². The molecule has 73 valence electrons. The molecule has 13 heavy (non-hydrogen) atoms. The molecule has 0 aromatic rings. The first-order chi connectivity index (χ1) is 5.93. The highest BCUT2D eigenvalue weighted by Crippen LogP contribution is 2.10. The summed E-state index contributed by atoms with van der Waals surface area (Å²) in [6.45, 7) is 3.55. The first-order valence-electron chi connectivity index (χ1n) is 3.87. The van der Waals surface area contributed by atoms with Crippen LogP contribution in [0.5, 0.6) is 0 Å². The first-order valence-corrected chi connectivity index (χ1v) is 3.87. The number of allylic oxidation sites excluding steroid dienone is 1. The van der Waals surface area contributed by atoms with Gasteiger partial charge in [0.05, 0.1) is 12.3 Å². The van der Waals surface area contributed by atoms with E-state index in [2.05, 4.69) is 0 Å². The molecular formula is C9H13O4. The van der Waals surface area contributed by atoms with E-state index in [1.165, 1.54) is 0 Å². The molecule has 1 radical (unpaired) electrons. The van der Waals surface area contributed by atoms with Crippen molar-refractivity contribution in [2.75, 3.05) is 0 Å². The summed E-state index contributed by atoms with van der Waals surface area (Å²) in [6.07, 6.45) is 2.52. The number of carbonyl (C=O) groups is 2. The Labute approximate surface area is 76.9 Å². The predicted molar refractivity (Wildman–Crippen MR) is 47.1 cm³/mol. The van der Waals surface area contributed by atoms with Crippen LogP contribution in [-0.2, 0) is 9.59 Å². The molecule has 2 N–H and O–H groups in total. The minimum atomic E-state index is -1.09.